The number of hydrogen-bond donors (Lipinski definition) is 2. The van der Waals surface area contributed by atoms with Gasteiger partial charge in [0.25, 0.3) is 0 Å². The molecule has 6 nitrogen and oxygen atoms in total. The number of nitrogens with one attached hydrogen (secondary N) is 1. The Morgan fingerprint density at radius 2 is 1.72 bits per heavy atom. The normalized spacial score (nSPS) is 10.8. The third-order valence-corrected chi connectivity index (χ3v) is 4.86. The number of aromatic nitrogens is 2. The monoisotopic (exact) mass is 388 g/mol. The zero-order valence-electron chi connectivity index (χ0n) is 16.1. The molecule has 29 heavy (non-hydrogen) atoms. The van der Waals surface area contributed by atoms with Crippen molar-refractivity contribution in [3.8, 4) is 22.8 Å². The molecule has 0 saturated carbocycles. The summed E-state index contributed by atoms with van der Waals surface area (Å²) in [5.41, 5.74) is 4.62. The van der Waals surface area contributed by atoms with Crippen molar-refractivity contribution in [1.82, 2.24) is 9.97 Å². The van der Waals surface area contributed by atoms with Gasteiger partial charge in [-0.3, -0.25) is 0 Å². The van der Waals surface area contributed by atoms with Gasteiger partial charge in [-0.05, 0) is 29.3 Å². The number of pyridine rings is 1. The zero-order valence-corrected chi connectivity index (χ0v) is 16.1. The van der Waals surface area contributed by atoms with Crippen molar-refractivity contribution in [2.24, 2.45) is 0 Å². The maximum absolute atomic E-state index is 11.3. The minimum Gasteiger partial charge on any atom is -0.493 e. The fourth-order valence-corrected chi connectivity index (χ4v) is 3.49. The number of carbonyl (C=O) groups is 1. The summed E-state index contributed by atoms with van der Waals surface area (Å²) >= 11 is 0. The van der Waals surface area contributed by atoms with Gasteiger partial charge >= 0.3 is 5.97 Å². The summed E-state index contributed by atoms with van der Waals surface area (Å²) in [6, 6.07) is 18.9. The smallest absolute Gasteiger partial charge is 0.354 e. The van der Waals surface area contributed by atoms with Gasteiger partial charge in [-0.25, -0.2) is 9.78 Å². The lowest BCUT2D eigenvalue weighted by Crippen LogP contribution is -2.03. The fourth-order valence-electron chi connectivity index (χ4n) is 3.49. The minimum absolute atomic E-state index is 0.0304. The summed E-state index contributed by atoms with van der Waals surface area (Å²) in [6.45, 7) is 0. The number of hydrogen-bond acceptors (Lipinski definition) is 4. The van der Waals surface area contributed by atoms with Crippen molar-refractivity contribution in [3.05, 3.63) is 77.6 Å². The first-order valence-electron chi connectivity index (χ1n) is 9.12. The van der Waals surface area contributed by atoms with Crippen molar-refractivity contribution in [2.75, 3.05) is 14.2 Å². The molecule has 2 N–H and O–H groups in total. The molecular formula is C23H20N2O4. The van der Waals surface area contributed by atoms with Gasteiger partial charge in [0, 0.05) is 23.6 Å². The van der Waals surface area contributed by atoms with Crippen LogP contribution in [0.15, 0.2) is 60.7 Å². The number of H-pyrrole nitrogens is 1. The van der Waals surface area contributed by atoms with Crippen LogP contribution in [0.2, 0.25) is 0 Å². The minimum atomic E-state index is -1.04. The molecule has 0 aliphatic rings. The molecule has 0 fully saturated rings. The highest BCUT2D eigenvalue weighted by molar-refractivity contribution is 5.93. The number of nitrogens with zero attached hydrogens (tertiary/aromatic N) is 1. The van der Waals surface area contributed by atoms with Crippen LogP contribution in [0.4, 0.5) is 0 Å². The molecular weight excluding hydrogens is 368 g/mol. The summed E-state index contributed by atoms with van der Waals surface area (Å²) in [4.78, 5) is 19.1. The van der Waals surface area contributed by atoms with Gasteiger partial charge in [0.2, 0.25) is 0 Å². The number of aromatic carboxylic acids is 1. The van der Waals surface area contributed by atoms with E-state index in [0.29, 0.717) is 23.6 Å². The summed E-state index contributed by atoms with van der Waals surface area (Å²) in [6.07, 6.45) is 0.473. The number of ether oxygens (including phenoxy) is 2. The predicted octanol–water partition coefficient (Wildman–Crippen LogP) is 4.54. The highest BCUT2D eigenvalue weighted by Gasteiger charge is 2.18. The molecule has 4 rings (SSSR count). The highest BCUT2D eigenvalue weighted by Crippen LogP contribution is 2.38. The average Bonchev–Trinajstić information content (AvgIpc) is 3.10. The van der Waals surface area contributed by atoms with Gasteiger partial charge in [0.15, 0.2) is 11.5 Å². The number of aromatic amines is 1. The van der Waals surface area contributed by atoms with Gasteiger partial charge in [0.1, 0.15) is 5.69 Å². The molecule has 2 aromatic heterocycles. The second-order valence-electron chi connectivity index (χ2n) is 6.59. The zero-order chi connectivity index (χ0) is 20.4. The molecule has 0 aliphatic heterocycles. The third-order valence-electron chi connectivity index (χ3n) is 4.86. The van der Waals surface area contributed by atoms with Crippen LogP contribution >= 0.6 is 0 Å². The largest absolute Gasteiger partial charge is 0.493 e. The van der Waals surface area contributed by atoms with Crippen LogP contribution in [0.5, 0.6) is 11.5 Å². The van der Waals surface area contributed by atoms with Crippen LogP contribution in [-0.2, 0) is 6.42 Å². The number of fused-ring (bicyclic) bond motifs is 1. The number of carboxylic acid groups (broad SMARTS) is 1. The van der Waals surface area contributed by atoms with E-state index in [1.54, 1.807) is 20.3 Å². The van der Waals surface area contributed by atoms with E-state index in [0.717, 1.165) is 27.7 Å². The Morgan fingerprint density at radius 1 is 1.00 bits per heavy atom. The predicted molar refractivity (Wildman–Crippen MR) is 111 cm³/mol. The van der Waals surface area contributed by atoms with Crippen molar-refractivity contribution in [3.63, 3.8) is 0 Å². The van der Waals surface area contributed by atoms with E-state index in [9.17, 15) is 9.90 Å². The molecule has 0 unspecified atom stereocenters. The van der Waals surface area contributed by atoms with Crippen molar-refractivity contribution in [1.29, 1.82) is 0 Å². The molecule has 0 aliphatic carbocycles. The van der Waals surface area contributed by atoms with E-state index < -0.39 is 5.97 Å². The molecule has 0 bridgehead atoms. The Balaban J connectivity index is 1.92. The van der Waals surface area contributed by atoms with E-state index in [4.69, 9.17) is 9.47 Å². The van der Waals surface area contributed by atoms with Crippen LogP contribution in [0.1, 0.15) is 21.7 Å². The fraction of sp³-hybridized carbons (Fsp3) is 0.130. The molecule has 0 radical (unpaired) electrons. The second kappa shape index (κ2) is 7.67. The first-order valence-corrected chi connectivity index (χ1v) is 9.12. The van der Waals surface area contributed by atoms with Crippen LogP contribution in [0, 0.1) is 0 Å². The van der Waals surface area contributed by atoms with Gasteiger partial charge in [-0.1, -0.05) is 36.4 Å². The number of methoxy groups -OCH3 is 2. The van der Waals surface area contributed by atoms with E-state index in [-0.39, 0.29) is 5.69 Å². The number of benzene rings is 2. The first kappa shape index (κ1) is 18.6. The molecule has 146 valence electrons. The number of rotatable bonds is 6. The topological polar surface area (TPSA) is 84.4 Å². The maximum atomic E-state index is 11.3. The van der Waals surface area contributed by atoms with Crippen LogP contribution < -0.4 is 9.47 Å². The highest BCUT2D eigenvalue weighted by atomic mass is 16.5. The van der Waals surface area contributed by atoms with Crippen molar-refractivity contribution in [2.45, 2.75) is 6.42 Å². The second-order valence-corrected chi connectivity index (χ2v) is 6.59. The van der Waals surface area contributed by atoms with E-state index >= 15 is 0 Å². The molecule has 0 spiro atoms. The van der Waals surface area contributed by atoms with Gasteiger partial charge < -0.3 is 19.6 Å². The maximum Gasteiger partial charge on any atom is 0.354 e. The number of carboxylic acids is 1. The van der Waals surface area contributed by atoms with E-state index in [1.165, 1.54) is 6.07 Å². The first-order chi connectivity index (χ1) is 14.1. The summed E-state index contributed by atoms with van der Waals surface area (Å²) in [7, 11) is 3.21. The molecule has 2 heterocycles. The van der Waals surface area contributed by atoms with Crippen molar-refractivity contribution < 1.29 is 19.4 Å². The molecule has 4 aromatic rings. The van der Waals surface area contributed by atoms with E-state index in [1.807, 2.05) is 48.5 Å². The lowest BCUT2D eigenvalue weighted by molar-refractivity contribution is 0.0690. The van der Waals surface area contributed by atoms with Gasteiger partial charge in [-0.2, -0.15) is 0 Å². The quantitative estimate of drug-likeness (QED) is 0.507. The lowest BCUT2D eigenvalue weighted by Gasteiger charge is -2.09. The summed E-state index contributed by atoms with van der Waals surface area (Å²) < 4.78 is 10.9. The Bertz CT molecular complexity index is 1180. The molecule has 0 amide bonds. The van der Waals surface area contributed by atoms with Crippen LogP contribution in [0.3, 0.4) is 0 Å². The summed E-state index contributed by atoms with van der Waals surface area (Å²) in [5, 5.41) is 10.2. The average molecular weight is 388 g/mol. The van der Waals surface area contributed by atoms with Gasteiger partial charge in [0.05, 0.1) is 25.4 Å². The van der Waals surface area contributed by atoms with Crippen molar-refractivity contribution >= 4 is 16.9 Å². The standard InChI is InChI=1S/C23H20N2O4/c1-28-20-12-16-17(11-15-9-6-10-18(24-15)23(26)27)22(14-7-4-3-5-8-14)25-19(16)13-21(20)29-2/h3-10,12-13,25H,11H2,1-2H3,(H,26,27). The van der Waals surface area contributed by atoms with Crippen LogP contribution in [0.25, 0.3) is 22.2 Å². The third kappa shape index (κ3) is 3.52. The summed E-state index contributed by atoms with van der Waals surface area (Å²) in [5.74, 6) is 0.228. The lowest BCUT2D eigenvalue weighted by atomic mass is 10.0. The van der Waals surface area contributed by atoms with Gasteiger partial charge in [-0.15, -0.1) is 0 Å². The Morgan fingerprint density at radius 3 is 2.41 bits per heavy atom. The molecule has 0 saturated heterocycles. The van der Waals surface area contributed by atoms with E-state index in [2.05, 4.69) is 9.97 Å². The Kier molecular flexibility index (Phi) is 4.91. The Labute approximate surface area is 167 Å². The SMILES string of the molecule is COc1cc2[nH]c(-c3ccccc3)c(Cc3cccc(C(=O)O)n3)c2cc1OC. The Hall–Kier alpha value is -3.80. The molecule has 0 atom stereocenters. The van der Waals surface area contributed by atoms with Crippen LogP contribution in [-0.4, -0.2) is 35.3 Å². The molecule has 2 aromatic carbocycles. The molecule has 6 heteroatoms.